The number of benzene rings is 2. The number of halogens is 2. The highest BCUT2D eigenvalue weighted by molar-refractivity contribution is 6.35. The summed E-state index contributed by atoms with van der Waals surface area (Å²) in [4.78, 5) is 11.4. The predicted molar refractivity (Wildman–Crippen MR) is 151 cm³/mol. The molecule has 7 nitrogen and oxygen atoms in total. The molecule has 1 saturated carbocycles. The smallest absolute Gasteiger partial charge is 0.221 e. The zero-order valence-corrected chi connectivity index (χ0v) is 23.3. The number of tetrazole rings is 1. The number of allylic oxidation sites excluding steroid dienone is 1. The van der Waals surface area contributed by atoms with E-state index in [4.69, 9.17) is 23.2 Å². The van der Waals surface area contributed by atoms with Crippen molar-refractivity contribution in [3.63, 3.8) is 0 Å². The van der Waals surface area contributed by atoms with Crippen molar-refractivity contribution in [2.45, 2.75) is 71.4 Å². The number of nitrogens with zero attached hydrogens (tertiary/aromatic N) is 4. The molecule has 3 aromatic rings. The zero-order chi connectivity index (χ0) is 26.6. The van der Waals surface area contributed by atoms with E-state index >= 15 is 0 Å². The van der Waals surface area contributed by atoms with Gasteiger partial charge in [0.2, 0.25) is 5.91 Å². The lowest BCUT2D eigenvalue weighted by Gasteiger charge is -2.39. The van der Waals surface area contributed by atoms with Crippen LogP contribution in [-0.2, 0) is 10.3 Å². The highest BCUT2D eigenvalue weighted by Crippen LogP contribution is 2.42. The van der Waals surface area contributed by atoms with Gasteiger partial charge >= 0.3 is 0 Å². The van der Waals surface area contributed by atoms with E-state index in [2.05, 4.69) is 53.0 Å². The van der Waals surface area contributed by atoms with Gasteiger partial charge in [0, 0.05) is 28.3 Å². The maximum atomic E-state index is 11.4. The molecule has 37 heavy (non-hydrogen) atoms. The topological polar surface area (TPSA) is 84.7 Å². The van der Waals surface area contributed by atoms with E-state index in [-0.39, 0.29) is 17.4 Å². The molecule has 1 fully saturated rings. The number of amides is 1. The molecule has 9 heteroatoms. The highest BCUT2D eigenvalue weighted by Gasteiger charge is 2.41. The van der Waals surface area contributed by atoms with Crippen molar-refractivity contribution in [3.05, 3.63) is 70.0 Å². The largest absolute Gasteiger partial charge is 0.373 e. The molecule has 0 unspecified atom stereocenters. The van der Waals surface area contributed by atoms with E-state index in [0.29, 0.717) is 10.0 Å². The third-order valence-corrected chi connectivity index (χ3v) is 7.35. The van der Waals surface area contributed by atoms with Crippen LogP contribution in [0.25, 0.3) is 6.08 Å². The van der Waals surface area contributed by atoms with E-state index in [1.807, 2.05) is 47.2 Å². The van der Waals surface area contributed by atoms with Gasteiger partial charge in [0.1, 0.15) is 0 Å². The molecule has 0 spiro atoms. The minimum absolute atomic E-state index is 0.0928. The Labute approximate surface area is 228 Å². The number of rotatable bonds is 7. The van der Waals surface area contributed by atoms with Crippen molar-refractivity contribution in [2.24, 2.45) is 5.41 Å². The number of carbonyl (C=O) groups excluding carboxylic acids is 1. The molecule has 0 bridgehead atoms. The Morgan fingerprint density at radius 3 is 2.35 bits per heavy atom. The van der Waals surface area contributed by atoms with Crippen LogP contribution in [0.15, 0.2) is 48.5 Å². The Hall–Kier alpha value is -2.90. The first-order valence-corrected chi connectivity index (χ1v) is 13.4. The molecular weight excluding hydrogens is 507 g/mol. The molecule has 0 radical (unpaired) electrons. The van der Waals surface area contributed by atoms with Gasteiger partial charge in [0.25, 0.3) is 0 Å². The standard InChI is InChI=1S/C28H34Cl2N6O/c1-19(37)31-22-11-13-23(14-12-22)32-28(16-6-5-7-17-28)26-33-34-35-36(26)25(27(2,3)4)15-9-20-8-10-21(29)18-24(20)30/h8-15,18,25,32H,5-7,16-17H2,1-4H3,(H,31,37)/t25-/m1/s1. The summed E-state index contributed by atoms with van der Waals surface area (Å²) in [5.74, 6) is 0.731. The second-order valence-electron chi connectivity index (χ2n) is 10.8. The molecule has 1 atom stereocenters. The predicted octanol–water partition coefficient (Wildman–Crippen LogP) is 7.51. The van der Waals surface area contributed by atoms with Gasteiger partial charge in [0.15, 0.2) is 5.82 Å². The fraction of sp³-hybridized carbons (Fsp3) is 0.429. The van der Waals surface area contributed by atoms with Crippen molar-refractivity contribution in [3.8, 4) is 0 Å². The number of aromatic nitrogens is 4. The molecule has 0 saturated heterocycles. The van der Waals surface area contributed by atoms with Gasteiger partial charge in [-0.15, -0.1) is 5.10 Å². The summed E-state index contributed by atoms with van der Waals surface area (Å²) in [6, 6.07) is 13.1. The summed E-state index contributed by atoms with van der Waals surface area (Å²) < 4.78 is 1.96. The maximum Gasteiger partial charge on any atom is 0.221 e. The van der Waals surface area contributed by atoms with E-state index in [9.17, 15) is 4.79 Å². The SMILES string of the molecule is CC(=O)Nc1ccc(NC2(c3nnnn3[C@H](C=Cc3ccc(Cl)cc3Cl)C(C)(C)C)CCCCC2)cc1. The van der Waals surface area contributed by atoms with Crippen LogP contribution in [0.2, 0.25) is 10.0 Å². The van der Waals surface area contributed by atoms with Gasteiger partial charge in [-0.05, 0) is 70.6 Å². The first-order valence-electron chi connectivity index (χ1n) is 12.6. The summed E-state index contributed by atoms with van der Waals surface area (Å²) in [5.41, 5.74) is 2.03. The van der Waals surface area contributed by atoms with Crippen molar-refractivity contribution in [2.75, 3.05) is 10.6 Å². The van der Waals surface area contributed by atoms with Crippen molar-refractivity contribution in [1.29, 1.82) is 0 Å². The van der Waals surface area contributed by atoms with E-state index < -0.39 is 5.54 Å². The normalized spacial score (nSPS) is 16.5. The molecule has 2 aromatic carbocycles. The van der Waals surface area contributed by atoms with Crippen LogP contribution in [0, 0.1) is 5.41 Å². The lowest BCUT2D eigenvalue weighted by molar-refractivity contribution is -0.114. The Bertz CT molecular complexity index is 1260. The molecule has 1 aromatic heterocycles. The van der Waals surface area contributed by atoms with Crippen molar-refractivity contribution >= 4 is 46.6 Å². The van der Waals surface area contributed by atoms with Gasteiger partial charge in [-0.3, -0.25) is 4.79 Å². The molecule has 4 rings (SSSR count). The van der Waals surface area contributed by atoms with Crippen LogP contribution in [0.5, 0.6) is 0 Å². The average Bonchev–Trinajstić information content (AvgIpc) is 3.31. The maximum absolute atomic E-state index is 11.4. The van der Waals surface area contributed by atoms with E-state index in [0.717, 1.165) is 48.4 Å². The first kappa shape index (κ1) is 27.1. The monoisotopic (exact) mass is 540 g/mol. The van der Waals surface area contributed by atoms with Crippen LogP contribution in [0.4, 0.5) is 11.4 Å². The van der Waals surface area contributed by atoms with Crippen LogP contribution in [-0.4, -0.2) is 26.1 Å². The lowest BCUT2D eigenvalue weighted by atomic mass is 9.79. The quantitative estimate of drug-likeness (QED) is 0.323. The summed E-state index contributed by atoms with van der Waals surface area (Å²) in [6.45, 7) is 8.04. The summed E-state index contributed by atoms with van der Waals surface area (Å²) in [5, 5.41) is 21.0. The number of anilines is 2. The number of nitrogens with one attached hydrogen (secondary N) is 2. The molecule has 2 N–H and O–H groups in total. The summed E-state index contributed by atoms with van der Waals surface area (Å²) in [7, 11) is 0. The molecule has 1 aliphatic carbocycles. The van der Waals surface area contributed by atoms with Crippen molar-refractivity contribution in [1.82, 2.24) is 20.2 Å². The zero-order valence-electron chi connectivity index (χ0n) is 21.8. The number of carbonyl (C=O) groups is 1. The third kappa shape index (κ3) is 6.51. The van der Waals surface area contributed by atoms with Gasteiger partial charge in [-0.1, -0.05) is 81.5 Å². The van der Waals surface area contributed by atoms with Crippen LogP contribution < -0.4 is 10.6 Å². The molecule has 1 amide bonds. The minimum atomic E-state index is -0.410. The molecular formula is C28H34Cl2N6O. The Balaban J connectivity index is 1.70. The van der Waals surface area contributed by atoms with Crippen molar-refractivity contribution < 1.29 is 4.79 Å². The number of hydrogen-bond donors (Lipinski definition) is 2. The molecule has 1 aliphatic rings. The van der Waals surface area contributed by atoms with Crippen LogP contribution in [0.3, 0.4) is 0 Å². The van der Waals surface area contributed by atoms with E-state index in [1.165, 1.54) is 13.3 Å². The summed E-state index contributed by atoms with van der Waals surface area (Å²) in [6.07, 6.45) is 9.33. The third-order valence-electron chi connectivity index (χ3n) is 6.79. The molecule has 196 valence electrons. The Morgan fingerprint density at radius 2 is 1.73 bits per heavy atom. The Kier molecular flexibility index (Phi) is 8.24. The minimum Gasteiger partial charge on any atom is -0.373 e. The molecule has 1 heterocycles. The van der Waals surface area contributed by atoms with Gasteiger partial charge < -0.3 is 10.6 Å². The summed E-state index contributed by atoms with van der Waals surface area (Å²) >= 11 is 12.5. The van der Waals surface area contributed by atoms with Gasteiger partial charge in [-0.2, -0.15) is 0 Å². The fourth-order valence-electron chi connectivity index (χ4n) is 4.94. The Morgan fingerprint density at radius 1 is 1.05 bits per heavy atom. The number of hydrogen-bond acceptors (Lipinski definition) is 5. The van der Waals surface area contributed by atoms with E-state index in [1.54, 1.807) is 6.07 Å². The fourth-order valence-corrected chi connectivity index (χ4v) is 5.41. The second-order valence-corrected chi connectivity index (χ2v) is 11.7. The van der Waals surface area contributed by atoms with Gasteiger partial charge in [0.05, 0.1) is 11.6 Å². The lowest BCUT2D eigenvalue weighted by Crippen LogP contribution is -2.42. The molecule has 0 aliphatic heterocycles. The first-order chi connectivity index (χ1) is 17.6. The average molecular weight is 542 g/mol. The van der Waals surface area contributed by atoms with Crippen LogP contribution >= 0.6 is 23.2 Å². The second kappa shape index (κ2) is 11.2. The van der Waals surface area contributed by atoms with Crippen LogP contribution in [0.1, 0.15) is 77.2 Å². The van der Waals surface area contributed by atoms with Gasteiger partial charge in [-0.25, -0.2) is 4.68 Å². The highest BCUT2D eigenvalue weighted by atomic mass is 35.5.